The van der Waals surface area contributed by atoms with Crippen LogP contribution in [0.15, 0.2) is 60.8 Å². The van der Waals surface area contributed by atoms with Crippen LogP contribution in [0.3, 0.4) is 0 Å². The van der Waals surface area contributed by atoms with Crippen molar-refractivity contribution in [2.75, 3.05) is 18.4 Å². The molecule has 0 saturated carbocycles. The minimum absolute atomic E-state index is 0.0684. The second kappa shape index (κ2) is 10.7. The van der Waals surface area contributed by atoms with E-state index in [9.17, 15) is 24.5 Å². The van der Waals surface area contributed by atoms with E-state index < -0.39 is 22.9 Å². The smallest absolute Gasteiger partial charge is 0.306 e. The minimum Gasteiger partial charge on any atom is -0.457 e. The minimum atomic E-state index is -0.731. The molecule has 194 valence electrons. The van der Waals surface area contributed by atoms with Gasteiger partial charge in [0.2, 0.25) is 5.91 Å². The Labute approximate surface area is 217 Å². The van der Waals surface area contributed by atoms with Gasteiger partial charge >= 0.3 is 5.97 Å². The van der Waals surface area contributed by atoms with Crippen LogP contribution < -0.4 is 10.1 Å². The molecule has 38 heavy (non-hydrogen) atoms. The van der Waals surface area contributed by atoms with E-state index in [2.05, 4.69) is 10.3 Å². The summed E-state index contributed by atoms with van der Waals surface area (Å²) in [6, 6.07) is 14.3. The summed E-state index contributed by atoms with van der Waals surface area (Å²) in [6.45, 7) is 1.57. The number of nitrogens with one attached hydrogen (secondary N) is 1. The Balaban J connectivity index is 1.44. The van der Waals surface area contributed by atoms with Crippen molar-refractivity contribution < 1.29 is 28.8 Å². The number of likely N-dealkylation sites (tertiary alicyclic amines) is 1. The molecule has 2 aliphatic rings. The van der Waals surface area contributed by atoms with Gasteiger partial charge in [0.15, 0.2) is 0 Å². The van der Waals surface area contributed by atoms with E-state index >= 15 is 0 Å². The Kier molecular flexibility index (Phi) is 6.98. The lowest BCUT2D eigenvalue weighted by atomic mass is 10.0. The monoisotopic (exact) mass is 516 g/mol. The lowest BCUT2D eigenvalue weighted by Crippen LogP contribution is -2.42. The Hall–Kier alpha value is -4.80. The van der Waals surface area contributed by atoms with E-state index in [0.717, 1.165) is 25.1 Å². The van der Waals surface area contributed by atoms with Gasteiger partial charge in [-0.05, 0) is 42.7 Å². The number of amides is 2. The van der Waals surface area contributed by atoms with Gasteiger partial charge < -0.3 is 19.7 Å². The predicted octanol–water partition coefficient (Wildman–Crippen LogP) is 4.19. The van der Waals surface area contributed by atoms with Gasteiger partial charge in [-0.1, -0.05) is 18.2 Å². The summed E-state index contributed by atoms with van der Waals surface area (Å²) in [6.07, 6.45) is 2.53. The molecule has 1 N–H and O–H groups in total. The third-order valence-electron chi connectivity index (χ3n) is 6.42. The number of hydrogen-bond donors (Lipinski definition) is 1. The first kappa shape index (κ1) is 24.9. The van der Waals surface area contributed by atoms with Crippen LogP contribution in [0.2, 0.25) is 0 Å². The normalized spacial score (nSPS) is 16.4. The van der Waals surface area contributed by atoms with E-state index in [1.54, 1.807) is 41.3 Å². The number of rotatable bonds is 8. The predicted molar refractivity (Wildman–Crippen MR) is 135 cm³/mol. The van der Waals surface area contributed by atoms with Crippen molar-refractivity contribution in [3.8, 4) is 11.5 Å². The first-order chi connectivity index (χ1) is 18.4. The van der Waals surface area contributed by atoms with E-state index in [0.29, 0.717) is 17.7 Å². The second-order valence-electron chi connectivity index (χ2n) is 9.01. The van der Waals surface area contributed by atoms with Crippen LogP contribution in [0, 0.1) is 10.1 Å². The topological polar surface area (TPSA) is 141 Å². The van der Waals surface area contributed by atoms with Crippen LogP contribution in [-0.4, -0.2) is 45.7 Å². The number of anilines is 1. The van der Waals surface area contributed by atoms with Gasteiger partial charge in [0, 0.05) is 43.4 Å². The van der Waals surface area contributed by atoms with E-state index in [1.807, 2.05) is 0 Å². The highest BCUT2D eigenvalue weighted by molar-refractivity contribution is 6.04. The number of nitro groups is 1. The molecule has 5 rings (SSSR count). The van der Waals surface area contributed by atoms with E-state index in [-0.39, 0.29) is 41.6 Å². The molecular formula is C27H24N4O7. The molecule has 11 nitrogen and oxygen atoms in total. The van der Waals surface area contributed by atoms with Crippen molar-refractivity contribution in [3.63, 3.8) is 0 Å². The van der Waals surface area contributed by atoms with Gasteiger partial charge in [-0.15, -0.1) is 0 Å². The second-order valence-corrected chi connectivity index (χ2v) is 9.01. The number of aromatic nitrogens is 1. The Morgan fingerprint density at radius 1 is 1.16 bits per heavy atom. The molecule has 2 aromatic carbocycles. The molecule has 0 spiro atoms. The molecular weight excluding hydrogens is 492 g/mol. The molecule has 2 saturated heterocycles. The zero-order chi connectivity index (χ0) is 26.6. The summed E-state index contributed by atoms with van der Waals surface area (Å²) in [4.78, 5) is 53.8. The fourth-order valence-corrected chi connectivity index (χ4v) is 4.26. The van der Waals surface area contributed by atoms with Gasteiger partial charge in [0.25, 0.3) is 11.6 Å². The highest BCUT2D eigenvalue weighted by Gasteiger charge is 2.31. The zero-order valence-corrected chi connectivity index (χ0v) is 20.3. The van der Waals surface area contributed by atoms with Gasteiger partial charge in [0.05, 0.1) is 11.3 Å². The highest BCUT2D eigenvalue weighted by Crippen LogP contribution is 2.42. The number of esters is 1. The van der Waals surface area contributed by atoms with Crippen molar-refractivity contribution >= 4 is 29.2 Å². The van der Waals surface area contributed by atoms with Crippen LogP contribution in [0.5, 0.6) is 11.5 Å². The number of ether oxygens (including phenoxy) is 2. The van der Waals surface area contributed by atoms with Crippen molar-refractivity contribution in [1.29, 1.82) is 0 Å². The maximum atomic E-state index is 12.7. The van der Waals surface area contributed by atoms with Crippen LogP contribution in [-0.2, 0) is 20.7 Å². The van der Waals surface area contributed by atoms with Crippen LogP contribution >= 0.6 is 0 Å². The van der Waals surface area contributed by atoms with Gasteiger partial charge in [-0.3, -0.25) is 29.5 Å². The summed E-state index contributed by atoms with van der Waals surface area (Å²) in [5.74, 6) is -0.371. The standard InChI is InChI=1S/C27H24N4O7/c32-25(30-12-3-13-30)14-17-5-7-18(8-6-17)37-24-16-21(29-27(34)20-4-1-2-11-28-20)22(31(35)36)15-19(24)23-9-10-26(33)38-23/h1-2,4-8,11,15-16,23H,3,9-10,12-14H2,(H,29,34). The number of pyridine rings is 1. The Morgan fingerprint density at radius 3 is 2.55 bits per heavy atom. The van der Waals surface area contributed by atoms with Crippen LogP contribution in [0.4, 0.5) is 11.4 Å². The maximum Gasteiger partial charge on any atom is 0.306 e. The Bertz CT molecular complexity index is 1390. The number of hydrogen-bond acceptors (Lipinski definition) is 8. The fraction of sp³-hybridized carbons (Fsp3) is 0.259. The molecule has 1 unspecified atom stereocenters. The summed E-state index contributed by atoms with van der Waals surface area (Å²) in [5, 5.41) is 14.4. The molecule has 0 bridgehead atoms. The van der Waals surface area contributed by atoms with Crippen molar-refractivity contribution in [1.82, 2.24) is 9.88 Å². The third-order valence-corrected chi connectivity index (χ3v) is 6.42. The number of nitro benzene ring substituents is 1. The van der Waals surface area contributed by atoms with Gasteiger partial charge in [-0.2, -0.15) is 0 Å². The van der Waals surface area contributed by atoms with Crippen LogP contribution in [0.25, 0.3) is 0 Å². The molecule has 2 amide bonds. The molecule has 11 heteroatoms. The fourth-order valence-electron chi connectivity index (χ4n) is 4.26. The lowest BCUT2D eigenvalue weighted by Gasteiger charge is -2.30. The number of nitrogens with zero attached hydrogens (tertiary/aromatic N) is 3. The van der Waals surface area contributed by atoms with E-state index in [4.69, 9.17) is 9.47 Å². The van der Waals surface area contributed by atoms with Gasteiger partial charge in [0.1, 0.15) is 29.0 Å². The molecule has 0 radical (unpaired) electrons. The number of carbonyl (C=O) groups is 3. The largest absolute Gasteiger partial charge is 0.457 e. The van der Waals surface area contributed by atoms with Gasteiger partial charge in [-0.25, -0.2) is 0 Å². The summed E-state index contributed by atoms with van der Waals surface area (Å²) < 4.78 is 11.5. The average molecular weight is 517 g/mol. The van der Waals surface area contributed by atoms with Crippen molar-refractivity contribution in [2.45, 2.75) is 31.8 Å². The Morgan fingerprint density at radius 2 is 1.95 bits per heavy atom. The van der Waals surface area contributed by atoms with Crippen LogP contribution in [0.1, 0.15) is 47.0 Å². The third kappa shape index (κ3) is 5.46. The molecule has 1 atom stereocenters. The zero-order valence-electron chi connectivity index (χ0n) is 20.3. The molecule has 3 aromatic rings. The lowest BCUT2D eigenvalue weighted by molar-refractivity contribution is -0.384. The summed E-state index contributed by atoms with van der Waals surface area (Å²) in [5.41, 5.74) is 0.757. The molecule has 0 aliphatic carbocycles. The van der Waals surface area contributed by atoms with Crippen molar-refractivity contribution in [2.24, 2.45) is 0 Å². The number of benzene rings is 2. The average Bonchev–Trinajstić information content (AvgIpc) is 3.30. The molecule has 2 aliphatic heterocycles. The molecule has 1 aromatic heterocycles. The SMILES string of the molecule is O=C1CCC(c2cc([N+](=O)[O-])c(NC(=O)c3ccccn3)cc2Oc2ccc(CC(=O)N3CCC3)cc2)O1. The van der Waals surface area contributed by atoms with E-state index in [1.165, 1.54) is 24.4 Å². The number of carbonyl (C=O) groups excluding carboxylic acids is 3. The first-order valence-corrected chi connectivity index (χ1v) is 12.2. The summed E-state index contributed by atoms with van der Waals surface area (Å²) in [7, 11) is 0. The molecule has 2 fully saturated rings. The maximum absolute atomic E-state index is 12.7. The summed E-state index contributed by atoms with van der Waals surface area (Å²) >= 11 is 0. The highest BCUT2D eigenvalue weighted by atomic mass is 16.6. The quantitative estimate of drug-likeness (QED) is 0.267. The first-order valence-electron chi connectivity index (χ1n) is 12.2. The number of cyclic esters (lactones) is 1. The molecule has 3 heterocycles. The van der Waals surface area contributed by atoms with Crippen molar-refractivity contribution in [3.05, 3.63) is 87.7 Å².